The molecule has 12 heavy (non-hydrogen) atoms. The number of hydrogen-bond donors (Lipinski definition) is 1. The van der Waals surface area contributed by atoms with Crippen LogP contribution in [0.15, 0.2) is 30.3 Å². The minimum Gasteiger partial charge on any atom is -0.480 e. The maximum atomic E-state index is 12.8. The maximum absolute atomic E-state index is 12.8. The average molecular weight is 169 g/mol. The first kappa shape index (κ1) is 8.52. The zero-order valence-corrected chi connectivity index (χ0v) is 6.27. The quantitative estimate of drug-likeness (QED) is 0.696. The van der Waals surface area contributed by atoms with Crippen LogP contribution in [0.4, 0.5) is 10.2 Å². The SMILES string of the molecule is O=C(O)CN(F)c1ccccc1. The molecular weight excluding hydrogens is 161 g/mol. The van der Waals surface area contributed by atoms with Gasteiger partial charge in [-0.2, -0.15) is 0 Å². The Morgan fingerprint density at radius 1 is 1.42 bits per heavy atom. The lowest BCUT2D eigenvalue weighted by atomic mass is 10.3. The van der Waals surface area contributed by atoms with Crippen molar-refractivity contribution in [2.24, 2.45) is 0 Å². The summed E-state index contributed by atoms with van der Waals surface area (Å²) in [5, 5.41) is 8.45. The third-order valence-corrected chi connectivity index (χ3v) is 1.31. The van der Waals surface area contributed by atoms with Crippen molar-refractivity contribution in [2.45, 2.75) is 0 Å². The number of carboxylic acid groups (broad SMARTS) is 1. The van der Waals surface area contributed by atoms with Crippen molar-refractivity contribution in [3.05, 3.63) is 30.3 Å². The van der Waals surface area contributed by atoms with Crippen LogP contribution >= 0.6 is 0 Å². The Bertz CT molecular complexity index is 263. The van der Waals surface area contributed by atoms with Crippen molar-refractivity contribution >= 4 is 11.7 Å². The molecule has 0 unspecified atom stereocenters. The Labute approximate surface area is 69.0 Å². The van der Waals surface area contributed by atoms with Crippen LogP contribution in [0.3, 0.4) is 0 Å². The normalized spacial score (nSPS) is 9.42. The Balaban J connectivity index is 2.65. The number of carboxylic acids is 1. The van der Waals surface area contributed by atoms with E-state index in [-0.39, 0.29) is 10.8 Å². The largest absolute Gasteiger partial charge is 0.480 e. The molecular formula is C8H8FNO2. The van der Waals surface area contributed by atoms with E-state index in [1.165, 1.54) is 12.1 Å². The molecule has 0 aliphatic heterocycles. The van der Waals surface area contributed by atoms with E-state index in [1.54, 1.807) is 18.2 Å². The number of benzene rings is 1. The molecule has 1 N–H and O–H groups in total. The minimum atomic E-state index is -1.19. The zero-order valence-electron chi connectivity index (χ0n) is 6.27. The van der Waals surface area contributed by atoms with Gasteiger partial charge in [-0.3, -0.25) is 4.79 Å². The minimum absolute atomic E-state index is 0.183. The van der Waals surface area contributed by atoms with Gasteiger partial charge in [0.05, 0.1) is 5.69 Å². The van der Waals surface area contributed by atoms with Gasteiger partial charge in [0.2, 0.25) is 0 Å². The monoisotopic (exact) mass is 169 g/mol. The van der Waals surface area contributed by atoms with Gasteiger partial charge >= 0.3 is 5.97 Å². The van der Waals surface area contributed by atoms with Gasteiger partial charge < -0.3 is 5.11 Å². The summed E-state index contributed by atoms with van der Waals surface area (Å²) < 4.78 is 12.8. The first-order valence-electron chi connectivity index (χ1n) is 3.40. The molecule has 1 rings (SSSR count). The highest BCUT2D eigenvalue weighted by atomic mass is 19.2. The lowest BCUT2D eigenvalue weighted by molar-refractivity contribution is -0.135. The van der Waals surface area contributed by atoms with Crippen molar-refractivity contribution in [1.82, 2.24) is 0 Å². The second-order valence-corrected chi connectivity index (χ2v) is 2.25. The molecule has 0 amide bonds. The van der Waals surface area contributed by atoms with Crippen LogP contribution in [0, 0.1) is 0 Å². The van der Waals surface area contributed by atoms with Gasteiger partial charge in [-0.1, -0.05) is 22.7 Å². The number of para-hydroxylation sites is 1. The lowest BCUT2D eigenvalue weighted by Gasteiger charge is -2.09. The van der Waals surface area contributed by atoms with Gasteiger partial charge in [0.15, 0.2) is 0 Å². The number of nitrogens with zero attached hydrogens (tertiary/aromatic N) is 1. The highest BCUT2D eigenvalue weighted by Gasteiger charge is 2.07. The van der Waals surface area contributed by atoms with Gasteiger partial charge in [0, 0.05) is 0 Å². The van der Waals surface area contributed by atoms with Crippen LogP contribution in [0.2, 0.25) is 0 Å². The first-order chi connectivity index (χ1) is 5.70. The van der Waals surface area contributed by atoms with Gasteiger partial charge in [0.25, 0.3) is 0 Å². The smallest absolute Gasteiger partial charge is 0.326 e. The van der Waals surface area contributed by atoms with Crippen molar-refractivity contribution in [3.63, 3.8) is 0 Å². The molecule has 0 saturated carbocycles. The molecule has 0 aliphatic rings. The molecule has 0 aromatic heterocycles. The predicted molar refractivity (Wildman–Crippen MR) is 42.5 cm³/mol. The van der Waals surface area contributed by atoms with Crippen LogP contribution in [-0.2, 0) is 4.79 Å². The molecule has 0 bridgehead atoms. The van der Waals surface area contributed by atoms with Gasteiger partial charge in [0.1, 0.15) is 6.54 Å². The molecule has 0 heterocycles. The van der Waals surface area contributed by atoms with Crippen LogP contribution in [0.5, 0.6) is 0 Å². The molecule has 1 aromatic carbocycles. The number of carbonyl (C=O) groups is 1. The average Bonchev–Trinajstić information content (AvgIpc) is 2.05. The summed E-state index contributed by atoms with van der Waals surface area (Å²) in [6, 6.07) is 8.03. The van der Waals surface area contributed by atoms with Gasteiger partial charge in [-0.15, -0.1) is 0 Å². The van der Waals surface area contributed by atoms with Crippen LogP contribution in [0.25, 0.3) is 0 Å². The fraction of sp³-hybridized carbons (Fsp3) is 0.125. The van der Waals surface area contributed by atoms with Crippen molar-refractivity contribution < 1.29 is 14.4 Å². The van der Waals surface area contributed by atoms with E-state index >= 15 is 0 Å². The second-order valence-electron chi connectivity index (χ2n) is 2.25. The van der Waals surface area contributed by atoms with Crippen LogP contribution < -0.4 is 5.12 Å². The molecule has 0 atom stereocenters. The summed E-state index contributed by atoms with van der Waals surface area (Å²) >= 11 is 0. The number of hydrogen-bond acceptors (Lipinski definition) is 2. The lowest BCUT2D eigenvalue weighted by Crippen LogP contribution is -2.20. The van der Waals surface area contributed by atoms with Gasteiger partial charge in [-0.05, 0) is 12.1 Å². The molecule has 4 heteroatoms. The summed E-state index contributed by atoms with van der Waals surface area (Å²) in [5.74, 6) is -1.19. The van der Waals surface area contributed by atoms with E-state index in [0.29, 0.717) is 0 Å². The van der Waals surface area contributed by atoms with E-state index in [1.807, 2.05) is 0 Å². The molecule has 3 nitrogen and oxygen atoms in total. The molecule has 0 fully saturated rings. The van der Waals surface area contributed by atoms with E-state index in [0.717, 1.165) is 0 Å². The molecule has 0 spiro atoms. The topological polar surface area (TPSA) is 40.5 Å². The van der Waals surface area contributed by atoms with Gasteiger partial charge in [-0.25, -0.2) is 5.12 Å². The van der Waals surface area contributed by atoms with E-state index < -0.39 is 12.5 Å². The maximum Gasteiger partial charge on any atom is 0.326 e. The second kappa shape index (κ2) is 3.71. The Kier molecular flexibility index (Phi) is 2.63. The third-order valence-electron chi connectivity index (χ3n) is 1.31. The zero-order chi connectivity index (χ0) is 8.97. The van der Waals surface area contributed by atoms with Crippen LogP contribution in [-0.4, -0.2) is 17.6 Å². The summed E-state index contributed by atoms with van der Waals surface area (Å²) in [4.78, 5) is 10.1. The fourth-order valence-electron chi connectivity index (χ4n) is 0.800. The fourth-order valence-corrected chi connectivity index (χ4v) is 0.800. The van der Waals surface area contributed by atoms with Crippen LogP contribution in [0.1, 0.15) is 0 Å². The summed E-state index contributed by atoms with van der Waals surface area (Å²) in [5.41, 5.74) is 0.250. The molecule has 64 valence electrons. The number of aliphatic carboxylic acids is 1. The summed E-state index contributed by atoms with van der Waals surface area (Å²) in [6.45, 7) is -0.635. The molecule has 1 aromatic rings. The van der Waals surface area contributed by atoms with Crippen molar-refractivity contribution in [3.8, 4) is 0 Å². The van der Waals surface area contributed by atoms with E-state index in [2.05, 4.69) is 0 Å². The van der Waals surface area contributed by atoms with Crippen molar-refractivity contribution in [1.29, 1.82) is 0 Å². The molecule has 0 aliphatic carbocycles. The molecule has 0 radical (unpaired) electrons. The number of halogens is 1. The Morgan fingerprint density at radius 2 is 2.00 bits per heavy atom. The summed E-state index contributed by atoms with van der Waals surface area (Å²) in [7, 11) is 0. The van der Waals surface area contributed by atoms with E-state index in [4.69, 9.17) is 5.11 Å². The Hall–Kier alpha value is -1.58. The molecule has 0 saturated heterocycles. The Morgan fingerprint density at radius 3 is 2.50 bits per heavy atom. The third kappa shape index (κ3) is 2.23. The predicted octanol–water partition coefficient (Wildman–Crippen LogP) is 1.46. The standard InChI is InChI=1S/C8H8FNO2/c9-10(6-8(11)12)7-4-2-1-3-5-7/h1-5H,6H2,(H,11,12). The summed E-state index contributed by atoms with van der Waals surface area (Å²) in [6.07, 6.45) is 0. The highest BCUT2D eigenvalue weighted by molar-refractivity contribution is 5.72. The van der Waals surface area contributed by atoms with Crippen molar-refractivity contribution in [2.75, 3.05) is 11.7 Å². The number of anilines is 1. The highest BCUT2D eigenvalue weighted by Crippen LogP contribution is 2.12. The van der Waals surface area contributed by atoms with E-state index in [9.17, 15) is 9.28 Å². The first-order valence-corrected chi connectivity index (χ1v) is 3.40. The number of rotatable bonds is 3.